The highest BCUT2D eigenvalue weighted by Gasteiger charge is 2.33. The molecule has 3 atom stereocenters. The molecular formula is C43H51NO6. The molecule has 264 valence electrons. The van der Waals surface area contributed by atoms with E-state index >= 15 is 0 Å². The van der Waals surface area contributed by atoms with Crippen molar-refractivity contribution in [2.75, 3.05) is 7.11 Å². The molecule has 2 aliphatic carbocycles. The minimum Gasteiger partial charge on any atom is -0.480 e. The summed E-state index contributed by atoms with van der Waals surface area (Å²) in [4.78, 5) is 33.7. The molecule has 5 rings (SSSR count). The Morgan fingerprint density at radius 3 is 2.10 bits per heavy atom. The van der Waals surface area contributed by atoms with Crippen LogP contribution in [0.1, 0.15) is 79.6 Å². The molecule has 2 aliphatic rings. The van der Waals surface area contributed by atoms with E-state index in [-0.39, 0.29) is 12.4 Å². The van der Waals surface area contributed by atoms with Crippen LogP contribution in [0, 0.1) is 5.92 Å². The normalized spacial score (nSPS) is 16.6. The van der Waals surface area contributed by atoms with Crippen molar-refractivity contribution in [1.29, 1.82) is 0 Å². The summed E-state index contributed by atoms with van der Waals surface area (Å²) in [5.41, 5.74) is 9.20. The van der Waals surface area contributed by atoms with Crippen LogP contribution in [0.15, 0.2) is 127 Å². The van der Waals surface area contributed by atoms with Gasteiger partial charge in [0.2, 0.25) is 0 Å². The quantitative estimate of drug-likeness (QED) is 0.219. The number of esters is 1. The van der Waals surface area contributed by atoms with Gasteiger partial charge < -0.3 is 19.9 Å². The van der Waals surface area contributed by atoms with Crippen molar-refractivity contribution in [3.05, 3.63) is 155 Å². The zero-order valence-corrected chi connectivity index (χ0v) is 30.2. The highest BCUT2D eigenvalue weighted by molar-refractivity contribution is 5.89. The van der Waals surface area contributed by atoms with E-state index in [4.69, 9.17) is 9.84 Å². The minimum absolute atomic E-state index is 0.218. The SMILES string of the molecule is C=CC1=C(C=C)CC(C2Cc3ccccc3C2C)=C1.CC(C)(C)OC(=O)N[C@H](Cc1ccccc1)C(=O)O.CCc1ccc(C(=O)OC)cc1. The number of nitrogens with one attached hydrogen (secondary N) is 1. The maximum absolute atomic E-state index is 11.6. The first-order valence-electron chi connectivity index (χ1n) is 17.0. The van der Waals surface area contributed by atoms with Gasteiger partial charge in [0.05, 0.1) is 12.7 Å². The largest absolute Gasteiger partial charge is 0.480 e. The number of carboxylic acid groups (broad SMARTS) is 1. The molecule has 0 fully saturated rings. The second-order valence-corrected chi connectivity index (χ2v) is 13.4. The van der Waals surface area contributed by atoms with E-state index in [9.17, 15) is 14.4 Å². The summed E-state index contributed by atoms with van der Waals surface area (Å²) in [5, 5.41) is 11.5. The lowest BCUT2D eigenvalue weighted by Crippen LogP contribution is -2.44. The first-order chi connectivity index (χ1) is 23.8. The molecular weight excluding hydrogens is 626 g/mol. The van der Waals surface area contributed by atoms with Crippen molar-refractivity contribution >= 4 is 18.0 Å². The molecule has 0 saturated carbocycles. The average molecular weight is 678 g/mol. The van der Waals surface area contributed by atoms with E-state index in [1.54, 1.807) is 38.5 Å². The molecule has 7 nitrogen and oxygen atoms in total. The number of aliphatic carboxylic acids is 1. The van der Waals surface area contributed by atoms with Crippen LogP contribution >= 0.6 is 0 Å². The number of methoxy groups -OCH3 is 1. The molecule has 0 radical (unpaired) electrons. The molecule has 0 aromatic heterocycles. The fraction of sp³-hybridized carbons (Fsp3) is 0.326. The Labute approximate surface area is 297 Å². The number of alkyl carbamates (subject to hydrolysis) is 1. The van der Waals surface area contributed by atoms with E-state index in [1.807, 2.05) is 54.6 Å². The van der Waals surface area contributed by atoms with Crippen LogP contribution in [-0.2, 0) is 33.5 Å². The van der Waals surface area contributed by atoms with Gasteiger partial charge in [0.1, 0.15) is 11.6 Å². The van der Waals surface area contributed by atoms with Gasteiger partial charge >= 0.3 is 18.0 Å². The number of rotatable bonds is 9. The third-order valence-corrected chi connectivity index (χ3v) is 8.69. The maximum atomic E-state index is 11.6. The van der Waals surface area contributed by atoms with Gasteiger partial charge in [-0.05, 0) is 97.4 Å². The first-order valence-corrected chi connectivity index (χ1v) is 17.0. The Morgan fingerprint density at radius 2 is 1.58 bits per heavy atom. The monoisotopic (exact) mass is 677 g/mol. The fourth-order valence-electron chi connectivity index (χ4n) is 6.02. The van der Waals surface area contributed by atoms with Crippen LogP contribution < -0.4 is 5.32 Å². The van der Waals surface area contributed by atoms with Crippen molar-refractivity contribution in [3.8, 4) is 0 Å². The molecule has 50 heavy (non-hydrogen) atoms. The van der Waals surface area contributed by atoms with Crippen molar-refractivity contribution in [2.24, 2.45) is 5.92 Å². The number of ether oxygens (including phenoxy) is 2. The van der Waals surface area contributed by atoms with Gasteiger partial charge in [-0.3, -0.25) is 0 Å². The van der Waals surface area contributed by atoms with Crippen LogP contribution in [0.4, 0.5) is 4.79 Å². The Kier molecular flexibility index (Phi) is 14.6. The van der Waals surface area contributed by atoms with Crippen LogP contribution in [0.5, 0.6) is 0 Å². The number of aryl methyl sites for hydroxylation is 1. The van der Waals surface area contributed by atoms with Gasteiger partial charge in [-0.2, -0.15) is 0 Å². The Morgan fingerprint density at radius 1 is 0.940 bits per heavy atom. The number of amides is 1. The number of carboxylic acids is 1. The summed E-state index contributed by atoms with van der Waals surface area (Å²) in [5.74, 6) is -0.102. The summed E-state index contributed by atoms with van der Waals surface area (Å²) < 4.78 is 9.61. The predicted octanol–water partition coefficient (Wildman–Crippen LogP) is 9.20. The Balaban J connectivity index is 0.000000209. The van der Waals surface area contributed by atoms with Crippen molar-refractivity contribution in [2.45, 2.75) is 77.9 Å². The lowest BCUT2D eigenvalue weighted by atomic mass is 9.86. The molecule has 2 N–H and O–H groups in total. The minimum atomic E-state index is -1.09. The Hall–Kier alpha value is -5.17. The number of carbonyl (C=O) groups excluding carboxylic acids is 2. The topological polar surface area (TPSA) is 102 Å². The molecule has 0 spiro atoms. The summed E-state index contributed by atoms with van der Waals surface area (Å²) in [6.07, 6.45) is 8.97. The predicted molar refractivity (Wildman–Crippen MR) is 200 cm³/mol. The van der Waals surface area contributed by atoms with Gasteiger partial charge in [0.25, 0.3) is 0 Å². The second-order valence-electron chi connectivity index (χ2n) is 13.4. The molecule has 0 heterocycles. The number of hydrogen-bond donors (Lipinski definition) is 2. The zero-order chi connectivity index (χ0) is 36.8. The fourth-order valence-corrected chi connectivity index (χ4v) is 6.02. The smallest absolute Gasteiger partial charge is 0.408 e. The molecule has 3 aromatic carbocycles. The Bertz CT molecular complexity index is 1700. The highest BCUT2D eigenvalue weighted by Crippen LogP contribution is 2.45. The van der Waals surface area contributed by atoms with Gasteiger partial charge in [-0.25, -0.2) is 14.4 Å². The lowest BCUT2D eigenvalue weighted by molar-refractivity contribution is -0.139. The summed E-state index contributed by atoms with van der Waals surface area (Å²) in [6, 6.07) is 24.4. The van der Waals surface area contributed by atoms with Crippen LogP contribution in [0.25, 0.3) is 0 Å². The number of fused-ring (bicyclic) bond motifs is 1. The van der Waals surface area contributed by atoms with E-state index in [0.29, 0.717) is 17.4 Å². The van der Waals surface area contributed by atoms with Crippen molar-refractivity contribution in [3.63, 3.8) is 0 Å². The van der Waals surface area contributed by atoms with Gasteiger partial charge in [-0.1, -0.05) is 118 Å². The zero-order valence-electron chi connectivity index (χ0n) is 30.2. The molecule has 0 saturated heterocycles. The third-order valence-electron chi connectivity index (χ3n) is 8.69. The van der Waals surface area contributed by atoms with Gasteiger partial charge in [-0.15, -0.1) is 0 Å². The van der Waals surface area contributed by atoms with Gasteiger partial charge in [0.15, 0.2) is 0 Å². The molecule has 1 amide bonds. The van der Waals surface area contributed by atoms with Crippen molar-refractivity contribution < 1.29 is 29.0 Å². The molecule has 2 unspecified atom stereocenters. The number of allylic oxidation sites excluding steroid dienone is 6. The average Bonchev–Trinajstić information content (AvgIpc) is 3.68. The molecule has 0 aliphatic heterocycles. The maximum Gasteiger partial charge on any atom is 0.408 e. The number of benzene rings is 3. The van der Waals surface area contributed by atoms with Gasteiger partial charge in [0, 0.05) is 6.42 Å². The standard InChI is InChI=1S/C19H20.C14H19NO4.C10H12O2/c1-4-14-10-17(11-15(14)5-2)19-12-16-8-6-7-9-18(16)13(19)3;1-14(2,3)19-13(18)15-11(12(16)17)9-10-7-5-4-6-8-10;1-3-8-4-6-9(7-5-8)10(11)12-2/h4-10,13,19H,1-2,11-12H2,3H3;4-8,11H,9H2,1-3H3,(H,15,18)(H,16,17);4-7H,3H2,1-2H3/t;11-;/m.1./s1. The molecule has 0 bridgehead atoms. The summed E-state index contributed by atoms with van der Waals surface area (Å²) >= 11 is 0. The van der Waals surface area contributed by atoms with E-state index < -0.39 is 23.7 Å². The summed E-state index contributed by atoms with van der Waals surface area (Å²) in [6.45, 7) is 17.4. The molecule has 7 heteroatoms. The van der Waals surface area contributed by atoms with E-state index in [1.165, 1.54) is 41.4 Å². The number of carbonyl (C=O) groups is 3. The first kappa shape index (κ1) is 39.3. The van der Waals surface area contributed by atoms with Crippen LogP contribution in [0.3, 0.4) is 0 Å². The molecule has 3 aromatic rings. The number of hydrogen-bond acceptors (Lipinski definition) is 5. The van der Waals surface area contributed by atoms with Crippen LogP contribution in [0.2, 0.25) is 0 Å². The van der Waals surface area contributed by atoms with Crippen molar-refractivity contribution in [1.82, 2.24) is 5.32 Å². The third kappa shape index (κ3) is 11.5. The summed E-state index contributed by atoms with van der Waals surface area (Å²) in [7, 11) is 1.38. The van der Waals surface area contributed by atoms with E-state index in [2.05, 4.69) is 67.4 Å². The lowest BCUT2D eigenvalue weighted by Gasteiger charge is -2.22. The second kappa shape index (κ2) is 18.6. The van der Waals surface area contributed by atoms with E-state index in [0.717, 1.165) is 18.4 Å². The highest BCUT2D eigenvalue weighted by atomic mass is 16.6. The van der Waals surface area contributed by atoms with Crippen LogP contribution in [-0.4, -0.2) is 41.9 Å².